The van der Waals surface area contributed by atoms with E-state index < -0.39 is 44.8 Å². The van der Waals surface area contributed by atoms with Gasteiger partial charge in [0, 0.05) is 30.3 Å². The number of ether oxygens (including phenoxy) is 1. The predicted octanol–water partition coefficient (Wildman–Crippen LogP) is 1.74. The number of esters is 1. The van der Waals surface area contributed by atoms with Gasteiger partial charge in [-0.3, -0.25) is 24.1 Å². The van der Waals surface area contributed by atoms with E-state index in [1.54, 1.807) is 24.3 Å². The number of rotatable bonds is 6. The van der Waals surface area contributed by atoms with Crippen molar-refractivity contribution < 1.29 is 32.3 Å². The average molecular weight is 451 g/mol. The van der Waals surface area contributed by atoms with Gasteiger partial charge in [0.2, 0.25) is 15.6 Å². The number of carbonyl (C=O) groups is 4. The molecule has 1 atom stereocenters. The van der Waals surface area contributed by atoms with Crippen LogP contribution >= 0.6 is 0 Å². The Balaban J connectivity index is 1.69. The van der Waals surface area contributed by atoms with Crippen LogP contribution in [0.3, 0.4) is 0 Å². The van der Waals surface area contributed by atoms with Gasteiger partial charge in [-0.2, -0.15) is 0 Å². The maximum absolute atomic E-state index is 13.6. The van der Waals surface area contributed by atoms with E-state index in [2.05, 4.69) is 0 Å². The topological polar surface area (TPSA) is 115 Å². The Kier molecular flexibility index (Phi) is 5.35. The summed E-state index contributed by atoms with van der Waals surface area (Å²) in [6.07, 6.45) is 2.62. The molecule has 162 valence electrons. The lowest BCUT2D eigenvalue weighted by atomic mass is 10.0. The Morgan fingerprint density at radius 1 is 0.875 bits per heavy atom. The van der Waals surface area contributed by atoms with Crippen molar-refractivity contribution in [1.29, 1.82) is 0 Å². The van der Waals surface area contributed by atoms with E-state index in [9.17, 15) is 27.6 Å². The zero-order chi connectivity index (χ0) is 22.9. The highest BCUT2D eigenvalue weighted by Crippen LogP contribution is 2.46. The van der Waals surface area contributed by atoms with Crippen molar-refractivity contribution in [2.24, 2.45) is 0 Å². The summed E-state index contributed by atoms with van der Waals surface area (Å²) >= 11 is 0. The van der Waals surface area contributed by atoms with Crippen molar-refractivity contribution in [3.05, 3.63) is 90.0 Å². The minimum absolute atomic E-state index is 0.0180. The molecule has 0 spiro atoms. The lowest BCUT2D eigenvalue weighted by Gasteiger charge is -2.28. The van der Waals surface area contributed by atoms with Gasteiger partial charge in [0.15, 0.2) is 0 Å². The number of amides is 2. The van der Waals surface area contributed by atoms with Crippen LogP contribution in [0.2, 0.25) is 0 Å². The normalized spacial score (nSPS) is 21.7. The molecule has 2 heterocycles. The number of carbonyl (C=O) groups excluding carboxylic acids is 4. The zero-order valence-electron chi connectivity index (χ0n) is 16.6. The standard InChI is InChI=1S/C23H17NO7S/c25-19-15-18(16-7-3-1-4-8-16)32(29,30)23(19,17-9-5-2-6-10-17)31-22(28)13-14-24-20(26)11-12-21(24)27/h1-12,15H,13-14H2. The molecule has 0 saturated carbocycles. The van der Waals surface area contributed by atoms with E-state index in [4.69, 9.17) is 4.74 Å². The number of sulfone groups is 1. The molecule has 0 N–H and O–H groups in total. The number of benzene rings is 2. The molecule has 2 aromatic carbocycles. The van der Waals surface area contributed by atoms with E-state index in [1.165, 1.54) is 36.4 Å². The third kappa shape index (κ3) is 3.36. The molecule has 0 fully saturated rings. The van der Waals surface area contributed by atoms with Gasteiger partial charge in [0.1, 0.15) is 0 Å². The molecule has 0 aliphatic carbocycles. The van der Waals surface area contributed by atoms with Gasteiger partial charge >= 0.3 is 10.9 Å². The van der Waals surface area contributed by atoms with Crippen LogP contribution in [0, 0.1) is 0 Å². The fraction of sp³-hybridized carbons (Fsp3) is 0.130. The van der Waals surface area contributed by atoms with Gasteiger partial charge in [-0.05, 0) is 5.56 Å². The Bertz CT molecular complexity index is 1260. The van der Waals surface area contributed by atoms with Crippen molar-refractivity contribution in [1.82, 2.24) is 4.90 Å². The van der Waals surface area contributed by atoms with Crippen LogP contribution in [0.25, 0.3) is 4.91 Å². The van der Waals surface area contributed by atoms with E-state index in [0.29, 0.717) is 0 Å². The van der Waals surface area contributed by atoms with Crippen LogP contribution in [0.1, 0.15) is 17.5 Å². The molecule has 0 bridgehead atoms. The van der Waals surface area contributed by atoms with Gasteiger partial charge in [0.25, 0.3) is 11.8 Å². The molecule has 0 radical (unpaired) electrons. The molecular formula is C23H17NO7S. The van der Waals surface area contributed by atoms with Crippen LogP contribution in [0.15, 0.2) is 78.9 Å². The molecule has 0 saturated heterocycles. The van der Waals surface area contributed by atoms with E-state index in [1.807, 2.05) is 0 Å². The monoisotopic (exact) mass is 451 g/mol. The van der Waals surface area contributed by atoms with Gasteiger partial charge < -0.3 is 4.74 Å². The average Bonchev–Trinajstić information content (AvgIpc) is 3.21. The van der Waals surface area contributed by atoms with E-state index in [0.717, 1.165) is 23.1 Å². The van der Waals surface area contributed by atoms with Crippen LogP contribution < -0.4 is 0 Å². The fourth-order valence-corrected chi connectivity index (χ4v) is 5.60. The Morgan fingerprint density at radius 2 is 1.44 bits per heavy atom. The molecule has 9 heteroatoms. The third-order valence-corrected chi connectivity index (χ3v) is 7.37. The maximum atomic E-state index is 13.6. The maximum Gasteiger partial charge on any atom is 0.309 e. The second-order valence-corrected chi connectivity index (χ2v) is 9.13. The largest absolute Gasteiger partial charge is 0.430 e. The number of nitrogens with zero attached hydrogens (tertiary/aromatic N) is 1. The van der Waals surface area contributed by atoms with Crippen molar-refractivity contribution >= 4 is 38.3 Å². The highest BCUT2D eigenvalue weighted by molar-refractivity contribution is 8.02. The molecule has 32 heavy (non-hydrogen) atoms. The first-order valence-corrected chi connectivity index (χ1v) is 11.1. The van der Waals surface area contributed by atoms with Gasteiger partial charge in [0.05, 0.1) is 11.3 Å². The Labute approximate surface area is 183 Å². The van der Waals surface area contributed by atoms with Crippen LogP contribution in [0.4, 0.5) is 0 Å². The van der Waals surface area contributed by atoms with Crippen LogP contribution in [0.5, 0.6) is 0 Å². The molecule has 4 rings (SSSR count). The SMILES string of the molecule is O=C(CCN1C(=O)C=CC1=O)OC1(c2ccccc2)C(=O)C=C(c2ccccc2)S1(=O)=O. The molecule has 0 aromatic heterocycles. The Morgan fingerprint density at radius 3 is 2.03 bits per heavy atom. The molecule has 8 nitrogen and oxygen atoms in total. The van der Waals surface area contributed by atoms with E-state index in [-0.39, 0.29) is 22.6 Å². The Hall–Kier alpha value is -3.85. The first kappa shape index (κ1) is 21.4. The summed E-state index contributed by atoms with van der Waals surface area (Å²) in [5.74, 6) is -3.12. The molecule has 2 aliphatic rings. The number of imide groups is 1. The predicted molar refractivity (Wildman–Crippen MR) is 113 cm³/mol. The minimum atomic E-state index is -4.49. The van der Waals surface area contributed by atoms with E-state index >= 15 is 0 Å². The summed E-state index contributed by atoms with van der Waals surface area (Å²) in [5.41, 5.74) is 0.268. The number of ketones is 1. The summed E-state index contributed by atoms with van der Waals surface area (Å²) in [4.78, 5) is 47.2. The third-order valence-electron chi connectivity index (χ3n) is 5.16. The van der Waals surface area contributed by atoms with Gasteiger partial charge in [-0.25, -0.2) is 8.42 Å². The van der Waals surface area contributed by atoms with Crippen LogP contribution in [-0.4, -0.2) is 43.4 Å². The molecule has 1 unspecified atom stereocenters. The summed E-state index contributed by atoms with van der Waals surface area (Å²) in [7, 11) is -4.49. The lowest BCUT2D eigenvalue weighted by molar-refractivity contribution is -0.158. The van der Waals surface area contributed by atoms with Crippen molar-refractivity contribution in [2.45, 2.75) is 11.4 Å². The summed E-state index contributed by atoms with van der Waals surface area (Å²) in [6, 6.07) is 15.5. The minimum Gasteiger partial charge on any atom is -0.430 e. The van der Waals surface area contributed by atoms with Gasteiger partial charge in [-0.1, -0.05) is 60.7 Å². The molecular weight excluding hydrogens is 434 g/mol. The number of hydrogen-bond donors (Lipinski definition) is 0. The quantitative estimate of drug-likeness (QED) is 0.485. The van der Waals surface area contributed by atoms with Crippen molar-refractivity contribution in [2.75, 3.05) is 6.54 Å². The molecule has 2 aliphatic heterocycles. The highest BCUT2D eigenvalue weighted by atomic mass is 32.2. The molecule has 2 amide bonds. The highest BCUT2D eigenvalue weighted by Gasteiger charge is 2.60. The summed E-state index contributed by atoms with van der Waals surface area (Å²) < 4.78 is 32.7. The second-order valence-electron chi connectivity index (χ2n) is 7.11. The first-order chi connectivity index (χ1) is 15.3. The smallest absolute Gasteiger partial charge is 0.309 e. The lowest BCUT2D eigenvalue weighted by Crippen LogP contribution is -2.44. The number of hydrogen-bond acceptors (Lipinski definition) is 7. The fourth-order valence-electron chi connectivity index (χ4n) is 3.60. The van der Waals surface area contributed by atoms with Crippen LogP contribution in [-0.2, 0) is 38.7 Å². The first-order valence-electron chi connectivity index (χ1n) is 9.64. The second kappa shape index (κ2) is 8.01. The molecule has 2 aromatic rings. The zero-order valence-corrected chi connectivity index (χ0v) is 17.4. The summed E-state index contributed by atoms with van der Waals surface area (Å²) in [5, 5.41) is 0. The van der Waals surface area contributed by atoms with Crippen molar-refractivity contribution in [3.8, 4) is 0 Å². The van der Waals surface area contributed by atoms with Crippen molar-refractivity contribution in [3.63, 3.8) is 0 Å². The van der Waals surface area contributed by atoms with Gasteiger partial charge in [-0.15, -0.1) is 0 Å². The summed E-state index contributed by atoms with van der Waals surface area (Å²) in [6.45, 7) is -0.304.